The van der Waals surface area contributed by atoms with Crippen molar-refractivity contribution in [1.29, 1.82) is 0 Å². The number of hydrogen-bond donors (Lipinski definition) is 4. The fourth-order valence-electron chi connectivity index (χ4n) is 4.85. The topological polar surface area (TPSA) is 178 Å². The fraction of sp³-hybridized carbons (Fsp3) is 0.424. The average molecular weight is 639 g/mol. The van der Waals surface area contributed by atoms with Gasteiger partial charge in [0.15, 0.2) is 0 Å². The molecule has 1 heterocycles. The van der Waals surface area contributed by atoms with Crippen LogP contribution in [-0.4, -0.2) is 66.4 Å². The number of hydrogen-bond acceptors (Lipinski definition) is 11. The van der Waals surface area contributed by atoms with Crippen LogP contribution in [0.25, 0.3) is 0 Å². The number of amides is 1. The van der Waals surface area contributed by atoms with E-state index < -0.39 is 28.9 Å². The number of aliphatic hydroxyl groups excluding tert-OH is 1. The predicted octanol–water partition coefficient (Wildman–Crippen LogP) is 4.09. The summed E-state index contributed by atoms with van der Waals surface area (Å²) in [6.45, 7) is 9.52. The molecule has 2 atom stereocenters. The maximum Gasteiger partial charge on any atom is 0.336 e. The van der Waals surface area contributed by atoms with Crippen molar-refractivity contribution in [3.05, 3.63) is 86.7 Å². The van der Waals surface area contributed by atoms with Gasteiger partial charge in [-0.25, -0.2) is 9.59 Å². The molecule has 4 N–H and O–H groups in total. The summed E-state index contributed by atoms with van der Waals surface area (Å²) in [5, 5.41) is 30.4. The molecule has 0 radical (unpaired) electrons. The second-order valence-corrected chi connectivity index (χ2v) is 11.0. The summed E-state index contributed by atoms with van der Waals surface area (Å²) in [6.07, 6.45) is -0.364. The Hall–Kier alpha value is -4.75. The third-order valence-electron chi connectivity index (χ3n) is 7.01. The number of rotatable bonds is 16. The van der Waals surface area contributed by atoms with Crippen LogP contribution in [0.2, 0.25) is 0 Å². The van der Waals surface area contributed by atoms with E-state index >= 15 is 0 Å². The number of non-ortho nitro benzene ring substituents is 1. The van der Waals surface area contributed by atoms with Crippen molar-refractivity contribution in [3.8, 4) is 5.75 Å². The first-order chi connectivity index (χ1) is 21.9. The van der Waals surface area contributed by atoms with Crippen molar-refractivity contribution in [2.24, 2.45) is 0 Å². The van der Waals surface area contributed by atoms with Gasteiger partial charge in [0.25, 0.3) is 5.69 Å². The summed E-state index contributed by atoms with van der Waals surface area (Å²) in [7, 11) is 0. The maximum atomic E-state index is 13.4. The van der Waals surface area contributed by atoms with E-state index in [0.29, 0.717) is 34.9 Å². The van der Waals surface area contributed by atoms with Gasteiger partial charge in [0.2, 0.25) is 5.91 Å². The molecule has 1 aliphatic rings. The molecular formula is C33H42N4O9. The molecule has 2 aromatic carbocycles. The number of anilines is 1. The van der Waals surface area contributed by atoms with E-state index in [1.54, 1.807) is 51.1 Å². The summed E-state index contributed by atoms with van der Waals surface area (Å²) in [6, 6.07) is 12.7. The zero-order chi connectivity index (χ0) is 33.8. The highest BCUT2D eigenvalue weighted by Crippen LogP contribution is 2.40. The Bertz CT molecular complexity index is 1470. The molecule has 0 saturated heterocycles. The van der Waals surface area contributed by atoms with Crippen LogP contribution in [-0.2, 0) is 23.9 Å². The zero-order valence-corrected chi connectivity index (χ0v) is 26.8. The van der Waals surface area contributed by atoms with Crippen molar-refractivity contribution in [3.63, 3.8) is 0 Å². The van der Waals surface area contributed by atoms with E-state index in [2.05, 4.69) is 16.0 Å². The molecule has 0 spiro atoms. The van der Waals surface area contributed by atoms with Crippen LogP contribution < -0.4 is 20.7 Å². The lowest BCUT2D eigenvalue weighted by Crippen LogP contribution is -2.35. The van der Waals surface area contributed by atoms with Crippen molar-refractivity contribution < 1.29 is 38.6 Å². The number of carbonyl (C=O) groups is 3. The van der Waals surface area contributed by atoms with Crippen LogP contribution in [0.3, 0.4) is 0 Å². The highest BCUT2D eigenvalue weighted by atomic mass is 16.6. The molecule has 3 rings (SSSR count). The van der Waals surface area contributed by atoms with Crippen LogP contribution in [0.1, 0.15) is 58.9 Å². The number of dihydropyridines is 1. The molecule has 248 valence electrons. The average Bonchev–Trinajstić information content (AvgIpc) is 3.01. The first-order valence-electron chi connectivity index (χ1n) is 15.1. The van der Waals surface area contributed by atoms with Crippen LogP contribution in [0.4, 0.5) is 11.4 Å². The number of ether oxygens (including phenoxy) is 3. The Kier molecular flexibility index (Phi) is 13.3. The molecule has 2 unspecified atom stereocenters. The highest BCUT2D eigenvalue weighted by Gasteiger charge is 2.38. The number of benzene rings is 2. The highest BCUT2D eigenvalue weighted by molar-refractivity contribution is 6.00. The largest absolute Gasteiger partial charge is 0.491 e. The van der Waals surface area contributed by atoms with Crippen molar-refractivity contribution in [2.75, 3.05) is 31.7 Å². The summed E-state index contributed by atoms with van der Waals surface area (Å²) < 4.78 is 16.4. The van der Waals surface area contributed by atoms with E-state index in [-0.39, 0.29) is 61.4 Å². The van der Waals surface area contributed by atoms with E-state index in [1.165, 1.54) is 18.2 Å². The lowest BCUT2D eigenvalue weighted by molar-refractivity contribution is -0.384. The zero-order valence-electron chi connectivity index (χ0n) is 26.8. The first kappa shape index (κ1) is 35.7. The van der Waals surface area contributed by atoms with Gasteiger partial charge in [-0.2, -0.15) is 0 Å². The molecule has 0 bridgehead atoms. The lowest BCUT2D eigenvalue weighted by Gasteiger charge is -2.30. The molecule has 46 heavy (non-hydrogen) atoms. The van der Waals surface area contributed by atoms with Crippen molar-refractivity contribution in [1.82, 2.24) is 10.6 Å². The van der Waals surface area contributed by atoms with Gasteiger partial charge in [-0.1, -0.05) is 26.0 Å². The summed E-state index contributed by atoms with van der Waals surface area (Å²) in [4.78, 5) is 49.9. The van der Waals surface area contributed by atoms with Gasteiger partial charge in [0.1, 0.15) is 18.5 Å². The predicted molar refractivity (Wildman–Crippen MR) is 171 cm³/mol. The standard InChI is InChI=1S/C33H42N4O9/c1-6-44-32(40)29-21(4)35-22(5)30(31(29)23-9-7-10-25(17-23)37(42)43)33(41)45-16-8-11-28(39)36-24-12-14-27(15-13-24)46-19-26(38)18-34-20(2)3/h7,9-10,12-15,17,20,26,31,34-35,38H,6,8,11,16,18-19H2,1-5H3,(H,36,39). The molecule has 13 nitrogen and oxygen atoms in total. The molecule has 13 heteroatoms. The molecule has 0 fully saturated rings. The number of nitrogens with zero attached hydrogens (tertiary/aromatic N) is 1. The minimum atomic E-state index is -0.970. The number of nitro benzene ring substituents is 1. The number of carbonyl (C=O) groups excluding carboxylic acids is 3. The van der Waals surface area contributed by atoms with E-state index in [9.17, 15) is 29.6 Å². The van der Waals surface area contributed by atoms with Crippen molar-refractivity contribution >= 4 is 29.2 Å². The van der Waals surface area contributed by atoms with Gasteiger partial charge >= 0.3 is 11.9 Å². The number of esters is 2. The minimum Gasteiger partial charge on any atom is -0.491 e. The van der Waals surface area contributed by atoms with E-state index in [0.717, 1.165) is 0 Å². The van der Waals surface area contributed by atoms with Gasteiger partial charge < -0.3 is 35.3 Å². The van der Waals surface area contributed by atoms with Gasteiger partial charge in [-0.05, 0) is 57.0 Å². The van der Waals surface area contributed by atoms with Crippen LogP contribution in [0.15, 0.2) is 71.1 Å². The molecule has 0 saturated carbocycles. The molecule has 0 aromatic heterocycles. The summed E-state index contributed by atoms with van der Waals surface area (Å²) >= 11 is 0. The second kappa shape index (κ2) is 17.1. The smallest absolute Gasteiger partial charge is 0.336 e. The van der Waals surface area contributed by atoms with Crippen molar-refractivity contribution in [2.45, 2.75) is 65.5 Å². The van der Waals surface area contributed by atoms with Gasteiger partial charge in [0.05, 0.1) is 35.2 Å². The van der Waals surface area contributed by atoms with E-state index in [4.69, 9.17) is 14.2 Å². The Morgan fingerprint density at radius 2 is 1.67 bits per heavy atom. The Morgan fingerprint density at radius 3 is 2.28 bits per heavy atom. The first-order valence-corrected chi connectivity index (χ1v) is 15.1. The quantitative estimate of drug-likeness (QED) is 0.0901. The SMILES string of the molecule is CCOC(=O)C1=C(C)NC(C)=C(C(=O)OCCCC(=O)Nc2ccc(OCC(O)CNC(C)C)cc2)C1c1cccc([N+](=O)[O-])c1. The van der Waals surface area contributed by atoms with Crippen LogP contribution in [0.5, 0.6) is 5.75 Å². The monoisotopic (exact) mass is 638 g/mol. The third kappa shape index (κ3) is 10.1. The second-order valence-electron chi connectivity index (χ2n) is 11.0. The number of aliphatic hydroxyl groups is 1. The molecule has 1 amide bonds. The summed E-state index contributed by atoms with van der Waals surface area (Å²) in [5.41, 5.74) is 1.87. The maximum absolute atomic E-state index is 13.4. The Balaban J connectivity index is 1.59. The van der Waals surface area contributed by atoms with Gasteiger partial charge in [0, 0.05) is 48.2 Å². The van der Waals surface area contributed by atoms with Crippen LogP contribution >= 0.6 is 0 Å². The minimum absolute atomic E-state index is 0.0677. The Labute approximate surface area is 268 Å². The Morgan fingerprint density at radius 1 is 1.02 bits per heavy atom. The molecule has 1 aliphatic heterocycles. The molecule has 2 aromatic rings. The molecule has 0 aliphatic carbocycles. The molecular weight excluding hydrogens is 596 g/mol. The van der Waals surface area contributed by atoms with Gasteiger partial charge in [-0.3, -0.25) is 14.9 Å². The summed E-state index contributed by atoms with van der Waals surface area (Å²) in [5.74, 6) is -2.09. The normalized spacial score (nSPS) is 15.2. The number of nitrogens with one attached hydrogen (secondary N) is 3. The lowest BCUT2D eigenvalue weighted by atomic mass is 9.80. The fourth-order valence-corrected chi connectivity index (χ4v) is 4.85. The number of allylic oxidation sites excluding steroid dienone is 2. The number of nitro groups is 1. The van der Waals surface area contributed by atoms with Gasteiger partial charge in [-0.15, -0.1) is 0 Å². The van der Waals surface area contributed by atoms with Crippen LogP contribution in [0, 0.1) is 10.1 Å². The van der Waals surface area contributed by atoms with E-state index in [1.807, 2.05) is 13.8 Å². The third-order valence-corrected chi connectivity index (χ3v) is 7.01.